The summed E-state index contributed by atoms with van der Waals surface area (Å²) in [5.41, 5.74) is 0.656. The second-order valence-electron chi connectivity index (χ2n) is 6.16. The molecule has 1 aliphatic rings. The number of aliphatic hydroxyl groups is 1. The maximum atomic E-state index is 13.0. The van der Waals surface area contributed by atoms with Crippen molar-refractivity contribution in [3.05, 3.63) is 65.7 Å². The van der Waals surface area contributed by atoms with Gasteiger partial charge in [0.25, 0.3) is 0 Å². The Morgan fingerprint density at radius 1 is 1.12 bits per heavy atom. The van der Waals surface area contributed by atoms with Gasteiger partial charge in [0.15, 0.2) is 9.84 Å². The van der Waals surface area contributed by atoms with Gasteiger partial charge in [0, 0.05) is 5.92 Å². The van der Waals surface area contributed by atoms with Gasteiger partial charge < -0.3 is 5.11 Å². The lowest BCUT2D eigenvalue weighted by Crippen LogP contribution is -2.18. The fourth-order valence-corrected chi connectivity index (χ4v) is 5.74. The van der Waals surface area contributed by atoms with Crippen LogP contribution in [0.15, 0.2) is 59.5 Å². The van der Waals surface area contributed by atoms with Crippen molar-refractivity contribution in [2.45, 2.75) is 29.4 Å². The van der Waals surface area contributed by atoms with E-state index in [0.29, 0.717) is 0 Å². The summed E-state index contributed by atoms with van der Waals surface area (Å²) in [5.74, 6) is -0.511. The molecule has 4 nitrogen and oxygen atoms in total. The zero-order valence-electron chi connectivity index (χ0n) is 13.4. The molecule has 124 valence electrons. The Morgan fingerprint density at radius 2 is 1.75 bits per heavy atom. The first kappa shape index (κ1) is 16.7. The molecule has 5 heteroatoms. The Labute approximate surface area is 142 Å². The van der Waals surface area contributed by atoms with E-state index in [9.17, 15) is 18.8 Å². The number of aryl methyl sites for hydroxylation is 1. The van der Waals surface area contributed by atoms with Crippen molar-refractivity contribution in [1.29, 1.82) is 5.26 Å². The molecular formula is C19H19NO3S. The summed E-state index contributed by atoms with van der Waals surface area (Å²) < 4.78 is 25.9. The zero-order valence-corrected chi connectivity index (χ0v) is 14.2. The van der Waals surface area contributed by atoms with Crippen molar-refractivity contribution in [2.24, 2.45) is 5.41 Å². The van der Waals surface area contributed by atoms with Gasteiger partial charge in [-0.25, -0.2) is 8.42 Å². The van der Waals surface area contributed by atoms with Gasteiger partial charge in [-0.2, -0.15) is 5.26 Å². The Balaban J connectivity index is 2.04. The molecule has 0 amide bonds. The van der Waals surface area contributed by atoms with E-state index in [1.165, 1.54) is 12.1 Å². The first-order valence-electron chi connectivity index (χ1n) is 7.91. The number of nitrogens with zero attached hydrogens (tertiary/aromatic N) is 1. The number of sulfone groups is 1. The van der Waals surface area contributed by atoms with Crippen LogP contribution in [-0.4, -0.2) is 25.4 Å². The smallest absolute Gasteiger partial charge is 0.183 e. The number of benzene rings is 2. The monoisotopic (exact) mass is 341 g/mol. The van der Waals surface area contributed by atoms with Crippen LogP contribution in [0.1, 0.15) is 24.0 Å². The third-order valence-electron chi connectivity index (χ3n) is 4.88. The molecular weight excluding hydrogens is 322 g/mol. The molecule has 2 aromatic rings. The fourth-order valence-electron chi connectivity index (χ4n) is 3.41. The second-order valence-corrected chi connectivity index (χ2v) is 8.23. The molecule has 0 spiro atoms. The summed E-state index contributed by atoms with van der Waals surface area (Å²) in [4.78, 5) is 0.191. The predicted octanol–water partition coefficient (Wildman–Crippen LogP) is 2.69. The topological polar surface area (TPSA) is 78.2 Å². The van der Waals surface area contributed by atoms with Gasteiger partial charge in [-0.3, -0.25) is 0 Å². The van der Waals surface area contributed by atoms with E-state index in [2.05, 4.69) is 6.07 Å². The van der Waals surface area contributed by atoms with Gasteiger partial charge in [0.1, 0.15) is 5.41 Å². The van der Waals surface area contributed by atoms with E-state index in [4.69, 9.17) is 0 Å². The van der Waals surface area contributed by atoms with Crippen LogP contribution in [0.25, 0.3) is 0 Å². The van der Waals surface area contributed by atoms with Crippen LogP contribution in [0, 0.1) is 16.7 Å². The second kappa shape index (κ2) is 6.04. The van der Waals surface area contributed by atoms with Crippen LogP contribution in [0.2, 0.25) is 0 Å². The largest absolute Gasteiger partial charge is 0.395 e. The average molecular weight is 341 g/mol. The highest BCUT2D eigenvalue weighted by Crippen LogP contribution is 2.63. The SMILES string of the molecule is CCc1ccc([C@@H]2[C@@H](S(=O)(=O)c3ccccc3)[C@@]2(C#N)CO)cc1. The molecule has 3 atom stereocenters. The highest BCUT2D eigenvalue weighted by atomic mass is 32.2. The molecule has 24 heavy (non-hydrogen) atoms. The highest BCUT2D eigenvalue weighted by molar-refractivity contribution is 7.92. The lowest BCUT2D eigenvalue weighted by molar-refractivity contribution is 0.242. The Hall–Kier alpha value is -2.16. The summed E-state index contributed by atoms with van der Waals surface area (Å²) in [5, 5.41) is 18.5. The van der Waals surface area contributed by atoms with Crippen molar-refractivity contribution in [2.75, 3.05) is 6.61 Å². The quantitative estimate of drug-likeness (QED) is 0.907. The normalized spacial score (nSPS) is 25.9. The molecule has 3 rings (SSSR count). The van der Waals surface area contributed by atoms with Crippen molar-refractivity contribution in [3.8, 4) is 6.07 Å². The Kier molecular flexibility index (Phi) is 4.20. The van der Waals surface area contributed by atoms with Crippen LogP contribution in [-0.2, 0) is 16.3 Å². The van der Waals surface area contributed by atoms with Gasteiger partial charge in [0.05, 0.1) is 22.8 Å². The van der Waals surface area contributed by atoms with Crippen LogP contribution < -0.4 is 0 Å². The third-order valence-corrected chi connectivity index (χ3v) is 7.17. The van der Waals surface area contributed by atoms with Crippen molar-refractivity contribution >= 4 is 9.84 Å². The molecule has 0 aromatic heterocycles. The van der Waals surface area contributed by atoms with Crippen LogP contribution in [0.4, 0.5) is 0 Å². The number of nitriles is 1. The minimum Gasteiger partial charge on any atom is -0.395 e. The summed E-state index contributed by atoms with van der Waals surface area (Å²) >= 11 is 0. The van der Waals surface area contributed by atoms with Gasteiger partial charge >= 0.3 is 0 Å². The number of rotatable bonds is 5. The van der Waals surface area contributed by atoms with Crippen LogP contribution >= 0.6 is 0 Å². The van der Waals surface area contributed by atoms with Gasteiger partial charge in [-0.15, -0.1) is 0 Å². The lowest BCUT2D eigenvalue weighted by atomic mass is 10.00. The summed E-state index contributed by atoms with van der Waals surface area (Å²) in [6.45, 7) is 1.57. The molecule has 1 N–H and O–H groups in total. The highest BCUT2D eigenvalue weighted by Gasteiger charge is 2.72. The third kappa shape index (κ3) is 2.43. The summed E-state index contributed by atoms with van der Waals surface area (Å²) in [6.07, 6.45) is 0.889. The predicted molar refractivity (Wildman–Crippen MR) is 91.1 cm³/mol. The first-order valence-corrected chi connectivity index (χ1v) is 9.45. The molecule has 0 bridgehead atoms. The van der Waals surface area contributed by atoms with E-state index < -0.39 is 33.0 Å². The van der Waals surface area contributed by atoms with Gasteiger partial charge in [0.2, 0.25) is 0 Å². The van der Waals surface area contributed by atoms with Gasteiger partial charge in [-0.1, -0.05) is 49.4 Å². The van der Waals surface area contributed by atoms with E-state index in [0.717, 1.165) is 17.5 Å². The minimum absolute atomic E-state index is 0.191. The van der Waals surface area contributed by atoms with E-state index in [-0.39, 0.29) is 4.90 Å². The van der Waals surface area contributed by atoms with Crippen molar-refractivity contribution in [3.63, 3.8) is 0 Å². The van der Waals surface area contributed by atoms with Crippen molar-refractivity contribution < 1.29 is 13.5 Å². The van der Waals surface area contributed by atoms with Crippen LogP contribution in [0.3, 0.4) is 0 Å². The molecule has 1 fully saturated rings. The van der Waals surface area contributed by atoms with E-state index >= 15 is 0 Å². The lowest BCUT2D eigenvalue weighted by Gasteiger charge is -2.05. The number of hydrogen-bond acceptors (Lipinski definition) is 4. The zero-order chi connectivity index (χ0) is 17.4. The first-order chi connectivity index (χ1) is 11.5. The molecule has 1 saturated carbocycles. The standard InChI is InChI=1S/C19H19NO3S/c1-2-14-8-10-15(11-9-14)17-18(19(17,12-20)13-21)24(22,23)16-6-4-3-5-7-16/h3-11,17-18,21H,2,13H2,1H3/t17-,18-,19+/m1/s1. The Bertz CT molecular complexity index is 869. The van der Waals surface area contributed by atoms with E-state index in [1.807, 2.05) is 31.2 Å². The van der Waals surface area contributed by atoms with Crippen LogP contribution in [0.5, 0.6) is 0 Å². The molecule has 0 aliphatic heterocycles. The fraction of sp³-hybridized carbons (Fsp3) is 0.316. The summed E-state index contributed by atoms with van der Waals surface area (Å²) in [6, 6.07) is 17.8. The van der Waals surface area contributed by atoms with Crippen molar-refractivity contribution in [1.82, 2.24) is 0 Å². The Morgan fingerprint density at radius 3 is 2.25 bits per heavy atom. The maximum Gasteiger partial charge on any atom is 0.183 e. The van der Waals surface area contributed by atoms with E-state index in [1.54, 1.807) is 18.2 Å². The molecule has 0 saturated heterocycles. The summed E-state index contributed by atoms with van der Waals surface area (Å²) in [7, 11) is -3.69. The maximum absolute atomic E-state index is 13.0. The average Bonchev–Trinajstić information content (AvgIpc) is 3.33. The number of aliphatic hydroxyl groups excluding tert-OH is 1. The number of hydrogen-bond donors (Lipinski definition) is 1. The minimum atomic E-state index is -3.69. The molecule has 0 radical (unpaired) electrons. The van der Waals surface area contributed by atoms with Gasteiger partial charge in [-0.05, 0) is 29.7 Å². The molecule has 1 aliphatic carbocycles. The molecule has 0 unspecified atom stereocenters. The molecule has 0 heterocycles. The molecule has 2 aromatic carbocycles.